The molecule has 100 valence electrons. The van der Waals surface area contributed by atoms with Gasteiger partial charge in [0, 0.05) is 32.3 Å². The van der Waals surface area contributed by atoms with Crippen LogP contribution in [0.4, 0.5) is 0 Å². The Morgan fingerprint density at radius 3 is 2.76 bits per heavy atom. The van der Waals surface area contributed by atoms with E-state index in [1.807, 2.05) is 7.11 Å². The van der Waals surface area contributed by atoms with Crippen LogP contribution >= 0.6 is 0 Å². The molecule has 2 N–H and O–H groups in total. The van der Waals surface area contributed by atoms with Crippen LogP contribution in [0.5, 0.6) is 0 Å². The van der Waals surface area contributed by atoms with Crippen LogP contribution < -0.4 is 5.73 Å². The van der Waals surface area contributed by atoms with E-state index in [-0.39, 0.29) is 5.54 Å². The van der Waals surface area contributed by atoms with Crippen LogP contribution in [0.1, 0.15) is 45.4 Å². The van der Waals surface area contributed by atoms with Crippen LogP contribution in [-0.2, 0) is 4.74 Å². The minimum atomic E-state index is 0.278. The zero-order valence-corrected chi connectivity index (χ0v) is 11.5. The van der Waals surface area contributed by atoms with Crippen molar-refractivity contribution >= 4 is 0 Å². The predicted molar refractivity (Wildman–Crippen MR) is 71.0 cm³/mol. The summed E-state index contributed by atoms with van der Waals surface area (Å²) in [5.41, 5.74) is 6.47. The molecule has 0 bridgehead atoms. The lowest BCUT2D eigenvalue weighted by Crippen LogP contribution is -2.59. The molecule has 0 aromatic rings. The fourth-order valence-electron chi connectivity index (χ4n) is 4.02. The van der Waals surface area contributed by atoms with Gasteiger partial charge in [0.2, 0.25) is 0 Å². The van der Waals surface area contributed by atoms with Crippen molar-refractivity contribution in [2.45, 2.75) is 57.1 Å². The Morgan fingerprint density at radius 1 is 1.35 bits per heavy atom. The van der Waals surface area contributed by atoms with Gasteiger partial charge in [0.25, 0.3) is 0 Å². The monoisotopic (exact) mass is 240 g/mol. The van der Waals surface area contributed by atoms with Gasteiger partial charge in [-0.15, -0.1) is 0 Å². The molecule has 0 spiro atoms. The number of methoxy groups -OCH3 is 1. The van der Waals surface area contributed by atoms with Crippen LogP contribution in [0.15, 0.2) is 0 Å². The average Bonchev–Trinajstić information content (AvgIpc) is 2.87. The van der Waals surface area contributed by atoms with Crippen molar-refractivity contribution in [1.29, 1.82) is 0 Å². The Hall–Kier alpha value is -0.120. The largest absolute Gasteiger partial charge is 0.380 e. The number of ether oxygens (including phenoxy) is 1. The molecule has 3 nitrogen and oxygen atoms in total. The molecule has 2 fully saturated rings. The molecule has 3 atom stereocenters. The Kier molecular flexibility index (Phi) is 4.45. The zero-order valence-electron chi connectivity index (χ0n) is 11.5. The maximum Gasteiger partial charge on any atom is 0.0710 e. The third-order valence-corrected chi connectivity index (χ3v) is 5.13. The van der Waals surface area contributed by atoms with E-state index in [0.29, 0.717) is 6.10 Å². The van der Waals surface area contributed by atoms with Gasteiger partial charge in [-0.3, -0.25) is 4.90 Å². The van der Waals surface area contributed by atoms with E-state index in [9.17, 15) is 0 Å². The summed E-state index contributed by atoms with van der Waals surface area (Å²) >= 11 is 0. The van der Waals surface area contributed by atoms with Crippen molar-refractivity contribution in [3.05, 3.63) is 0 Å². The normalized spacial score (nSPS) is 39.7. The Labute approximate surface area is 106 Å². The van der Waals surface area contributed by atoms with Gasteiger partial charge >= 0.3 is 0 Å². The first kappa shape index (κ1) is 13.3. The highest BCUT2D eigenvalue weighted by molar-refractivity contribution is 5.02. The molecule has 1 aliphatic carbocycles. The summed E-state index contributed by atoms with van der Waals surface area (Å²) in [4.78, 5) is 2.65. The molecule has 0 radical (unpaired) electrons. The second-order valence-corrected chi connectivity index (χ2v) is 5.75. The zero-order chi connectivity index (χ0) is 12.3. The highest BCUT2D eigenvalue weighted by Crippen LogP contribution is 2.41. The van der Waals surface area contributed by atoms with Crippen LogP contribution in [0, 0.1) is 5.92 Å². The number of likely N-dealkylation sites (tertiary alicyclic amines) is 1. The number of nitrogens with two attached hydrogens (primary N) is 1. The van der Waals surface area contributed by atoms with E-state index in [4.69, 9.17) is 10.5 Å². The van der Waals surface area contributed by atoms with Crippen molar-refractivity contribution in [2.75, 3.05) is 26.7 Å². The van der Waals surface area contributed by atoms with Gasteiger partial charge < -0.3 is 10.5 Å². The fraction of sp³-hybridized carbons (Fsp3) is 1.00. The minimum Gasteiger partial charge on any atom is -0.380 e. The van der Waals surface area contributed by atoms with Gasteiger partial charge in [0.05, 0.1) is 6.10 Å². The highest BCUT2D eigenvalue weighted by Gasteiger charge is 2.45. The van der Waals surface area contributed by atoms with E-state index in [1.54, 1.807) is 0 Å². The Morgan fingerprint density at radius 2 is 2.18 bits per heavy atom. The number of hydrogen-bond acceptors (Lipinski definition) is 3. The summed E-state index contributed by atoms with van der Waals surface area (Å²) in [5, 5.41) is 0. The van der Waals surface area contributed by atoms with Crippen LogP contribution in [0.2, 0.25) is 0 Å². The average molecular weight is 240 g/mol. The topological polar surface area (TPSA) is 38.5 Å². The number of rotatable bonds is 4. The van der Waals surface area contributed by atoms with E-state index in [1.165, 1.54) is 45.1 Å². The van der Waals surface area contributed by atoms with Gasteiger partial charge in [0.1, 0.15) is 0 Å². The van der Waals surface area contributed by atoms with Gasteiger partial charge in [-0.1, -0.05) is 26.2 Å². The predicted octanol–water partition coefficient (Wildman–Crippen LogP) is 2.00. The molecule has 1 heterocycles. The van der Waals surface area contributed by atoms with Crippen LogP contribution in [0.3, 0.4) is 0 Å². The smallest absolute Gasteiger partial charge is 0.0710 e. The molecule has 1 saturated carbocycles. The van der Waals surface area contributed by atoms with Crippen molar-refractivity contribution in [2.24, 2.45) is 11.7 Å². The van der Waals surface area contributed by atoms with Crippen molar-refractivity contribution in [1.82, 2.24) is 4.90 Å². The maximum atomic E-state index is 6.19. The minimum absolute atomic E-state index is 0.278. The number of hydrogen-bond donors (Lipinski definition) is 1. The van der Waals surface area contributed by atoms with Gasteiger partial charge in [-0.25, -0.2) is 0 Å². The van der Waals surface area contributed by atoms with Gasteiger partial charge in [0.15, 0.2) is 0 Å². The molecule has 0 amide bonds. The molecule has 0 aromatic carbocycles. The lowest BCUT2D eigenvalue weighted by molar-refractivity contribution is 0.00760. The van der Waals surface area contributed by atoms with Crippen LogP contribution in [-0.4, -0.2) is 43.3 Å². The van der Waals surface area contributed by atoms with E-state index in [2.05, 4.69) is 11.8 Å². The van der Waals surface area contributed by atoms with E-state index in [0.717, 1.165) is 19.0 Å². The quantitative estimate of drug-likeness (QED) is 0.817. The Bertz CT molecular complexity index is 246. The standard InChI is InChI=1S/C14H28N2O/c1-3-12-6-4-5-8-14(12,11-15)16-9-7-13(10-16)17-2/h12-13H,3-11,15H2,1-2H3. The van der Waals surface area contributed by atoms with E-state index >= 15 is 0 Å². The van der Waals surface area contributed by atoms with Crippen molar-refractivity contribution in [3.8, 4) is 0 Å². The Balaban J connectivity index is 2.11. The van der Waals surface area contributed by atoms with Gasteiger partial charge in [-0.05, 0) is 25.2 Å². The molecule has 1 aliphatic heterocycles. The first-order chi connectivity index (χ1) is 8.26. The molecular formula is C14H28N2O. The molecule has 0 aromatic heterocycles. The van der Waals surface area contributed by atoms with Gasteiger partial charge in [-0.2, -0.15) is 0 Å². The van der Waals surface area contributed by atoms with Crippen molar-refractivity contribution < 1.29 is 4.74 Å². The lowest BCUT2D eigenvalue weighted by Gasteiger charge is -2.49. The summed E-state index contributed by atoms with van der Waals surface area (Å²) < 4.78 is 5.51. The molecule has 3 heteroatoms. The third-order valence-electron chi connectivity index (χ3n) is 5.13. The molecule has 17 heavy (non-hydrogen) atoms. The summed E-state index contributed by atoms with van der Waals surface area (Å²) in [6, 6.07) is 0. The first-order valence-corrected chi connectivity index (χ1v) is 7.24. The lowest BCUT2D eigenvalue weighted by atomic mass is 9.70. The van der Waals surface area contributed by atoms with Crippen LogP contribution in [0.25, 0.3) is 0 Å². The molecule has 2 rings (SSSR count). The summed E-state index contributed by atoms with van der Waals surface area (Å²) in [6.07, 6.45) is 8.27. The molecular weight excluding hydrogens is 212 g/mol. The fourth-order valence-corrected chi connectivity index (χ4v) is 4.02. The highest BCUT2D eigenvalue weighted by atomic mass is 16.5. The first-order valence-electron chi connectivity index (χ1n) is 7.24. The van der Waals surface area contributed by atoms with E-state index < -0.39 is 0 Å². The number of nitrogens with zero attached hydrogens (tertiary/aromatic N) is 1. The summed E-state index contributed by atoms with van der Waals surface area (Å²) in [5.74, 6) is 0.789. The summed E-state index contributed by atoms with van der Waals surface area (Å²) in [6.45, 7) is 5.41. The second-order valence-electron chi connectivity index (χ2n) is 5.75. The van der Waals surface area contributed by atoms with Crippen molar-refractivity contribution in [3.63, 3.8) is 0 Å². The summed E-state index contributed by atoms with van der Waals surface area (Å²) in [7, 11) is 1.83. The molecule has 1 saturated heterocycles. The SMILES string of the molecule is CCC1CCCCC1(CN)N1CCC(OC)C1. The third kappa shape index (κ3) is 2.38. The second kappa shape index (κ2) is 5.68. The molecule has 2 aliphatic rings. The molecule has 3 unspecified atom stereocenters. The maximum absolute atomic E-state index is 6.19.